The van der Waals surface area contributed by atoms with Gasteiger partial charge in [-0.15, -0.1) is 0 Å². The van der Waals surface area contributed by atoms with Gasteiger partial charge in [-0.2, -0.15) is 0 Å². The van der Waals surface area contributed by atoms with E-state index in [1.807, 2.05) is 19.1 Å². The molecule has 1 unspecified atom stereocenters. The zero-order valence-corrected chi connectivity index (χ0v) is 9.07. The summed E-state index contributed by atoms with van der Waals surface area (Å²) in [6.45, 7) is 3.87. The molecule has 1 N–H and O–H groups in total. The predicted octanol–water partition coefficient (Wildman–Crippen LogP) is 2.16. The maximum absolute atomic E-state index is 5.80. The van der Waals surface area contributed by atoms with E-state index >= 15 is 0 Å². The van der Waals surface area contributed by atoms with Crippen molar-refractivity contribution >= 4 is 0 Å². The van der Waals surface area contributed by atoms with Gasteiger partial charge in [0.15, 0.2) is 0 Å². The van der Waals surface area contributed by atoms with Crippen molar-refractivity contribution in [2.75, 3.05) is 13.1 Å². The lowest BCUT2D eigenvalue weighted by Crippen LogP contribution is -2.30. The van der Waals surface area contributed by atoms with Crippen molar-refractivity contribution in [3.05, 3.63) is 42.0 Å². The summed E-state index contributed by atoms with van der Waals surface area (Å²) in [6, 6.07) is 8.27. The van der Waals surface area contributed by atoms with E-state index in [-0.39, 0.29) is 0 Å². The van der Waals surface area contributed by atoms with Crippen LogP contribution in [-0.2, 0) is 6.42 Å². The summed E-state index contributed by atoms with van der Waals surface area (Å²) in [6.07, 6.45) is 5.49. The number of fused-ring (bicyclic) bond motifs is 1. The van der Waals surface area contributed by atoms with Crippen LogP contribution < -0.4 is 10.1 Å². The van der Waals surface area contributed by atoms with Crippen molar-refractivity contribution in [3.8, 4) is 5.75 Å². The molecule has 1 aliphatic heterocycles. The van der Waals surface area contributed by atoms with Gasteiger partial charge in [0.05, 0.1) is 0 Å². The van der Waals surface area contributed by atoms with Gasteiger partial charge in [-0.05, 0) is 18.6 Å². The van der Waals surface area contributed by atoms with Crippen LogP contribution in [0.5, 0.6) is 5.75 Å². The molecular formula is C13H17NO. The van der Waals surface area contributed by atoms with Crippen LogP contribution in [0, 0.1) is 0 Å². The SMILES string of the molecule is C/C=C/CNCC1Cc2ccccc2O1. The quantitative estimate of drug-likeness (QED) is 0.598. The molecular weight excluding hydrogens is 186 g/mol. The van der Waals surface area contributed by atoms with E-state index in [1.54, 1.807) is 0 Å². The molecule has 15 heavy (non-hydrogen) atoms. The monoisotopic (exact) mass is 203 g/mol. The fourth-order valence-electron chi connectivity index (χ4n) is 1.81. The predicted molar refractivity (Wildman–Crippen MR) is 62.2 cm³/mol. The van der Waals surface area contributed by atoms with Crippen LogP contribution in [0.25, 0.3) is 0 Å². The topological polar surface area (TPSA) is 21.3 Å². The number of benzene rings is 1. The molecule has 0 amide bonds. The first-order valence-electron chi connectivity index (χ1n) is 5.46. The minimum Gasteiger partial charge on any atom is -0.488 e. The minimum absolute atomic E-state index is 0.299. The number of para-hydroxylation sites is 1. The summed E-state index contributed by atoms with van der Waals surface area (Å²) < 4.78 is 5.80. The lowest BCUT2D eigenvalue weighted by Gasteiger charge is -2.10. The second kappa shape index (κ2) is 4.99. The van der Waals surface area contributed by atoms with E-state index in [0.717, 1.165) is 25.3 Å². The maximum Gasteiger partial charge on any atom is 0.123 e. The summed E-state index contributed by atoms with van der Waals surface area (Å²) in [5, 5.41) is 3.35. The van der Waals surface area contributed by atoms with E-state index in [2.05, 4.69) is 29.6 Å². The highest BCUT2D eigenvalue weighted by molar-refractivity contribution is 5.37. The first-order chi connectivity index (χ1) is 7.40. The van der Waals surface area contributed by atoms with Crippen molar-refractivity contribution in [2.24, 2.45) is 0 Å². The standard InChI is InChI=1S/C13H17NO/c1-2-3-8-14-10-12-9-11-6-4-5-7-13(11)15-12/h2-7,12,14H,8-10H2,1H3/b3-2+. The van der Waals surface area contributed by atoms with Crippen molar-refractivity contribution in [1.29, 1.82) is 0 Å². The summed E-state index contributed by atoms with van der Waals surface area (Å²) in [5.74, 6) is 1.05. The molecule has 0 spiro atoms. The highest BCUT2D eigenvalue weighted by Crippen LogP contribution is 2.27. The first kappa shape index (κ1) is 10.2. The average molecular weight is 203 g/mol. The molecule has 1 aliphatic rings. The van der Waals surface area contributed by atoms with E-state index in [9.17, 15) is 0 Å². The molecule has 0 saturated heterocycles. The molecule has 0 bridgehead atoms. The molecule has 0 radical (unpaired) electrons. The van der Waals surface area contributed by atoms with Crippen LogP contribution in [0.3, 0.4) is 0 Å². The van der Waals surface area contributed by atoms with Gasteiger partial charge in [0.1, 0.15) is 11.9 Å². The summed E-state index contributed by atoms with van der Waals surface area (Å²) in [4.78, 5) is 0. The molecule has 1 atom stereocenters. The fourth-order valence-corrected chi connectivity index (χ4v) is 1.81. The Hall–Kier alpha value is -1.28. The molecule has 2 rings (SSSR count). The van der Waals surface area contributed by atoms with Crippen LogP contribution in [0.4, 0.5) is 0 Å². The Bertz CT molecular complexity index is 321. The van der Waals surface area contributed by atoms with Gasteiger partial charge in [-0.25, -0.2) is 0 Å². The van der Waals surface area contributed by atoms with E-state index < -0.39 is 0 Å². The molecule has 0 aromatic heterocycles. The van der Waals surface area contributed by atoms with Gasteiger partial charge in [-0.1, -0.05) is 30.4 Å². The molecule has 2 heteroatoms. The first-order valence-corrected chi connectivity index (χ1v) is 5.46. The Kier molecular flexibility index (Phi) is 3.41. The van der Waals surface area contributed by atoms with E-state index in [1.165, 1.54) is 5.56 Å². The third-order valence-electron chi connectivity index (χ3n) is 2.58. The normalized spacial score (nSPS) is 19.1. The van der Waals surface area contributed by atoms with Crippen LogP contribution in [0.15, 0.2) is 36.4 Å². The van der Waals surface area contributed by atoms with Crippen LogP contribution in [0.2, 0.25) is 0 Å². The fraction of sp³-hybridized carbons (Fsp3) is 0.385. The van der Waals surface area contributed by atoms with Crippen molar-refractivity contribution in [1.82, 2.24) is 5.32 Å². The molecule has 0 aliphatic carbocycles. The number of allylic oxidation sites excluding steroid dienone is 1. The van der Waals surface area contributed by atoms with Crippen molar-refractivity contribution in [3.63, 3.8) is 0 Å². The molecule has 80 valence electrons. The van der Waals surface area contributed by atoms with Gasteiger partial charge < -0.3 is 10.1 Å². The number of hydrogen-bond donors (Lipinski definition) is 1. The third kappa shape index (κ3) is 2.60. The highest BCUT2D eigenvalue weighted by atomic mass is 16.5. The zero-order chi connectivity index (χ0) is 10.5. The van der Waals surface area contributed by atoms with Crippen molar-refractivity contribution < 1.29 is 4.74 Å². The minimum atomic E-state index is 0.299. The lowest BCUT2D eigenvalue weighted by atomic mass is 10.1. The number of nitrogens with one attached hydrogen (secondary N) is 1. The Balaban J connectivity index is 1.80. The smallest absolute Gasteiger partial charge is 0.123 e. The number of rotatable bonds is 4. The average Bonchev–Trinajstić information content (AvgIpc) is 2.67. The third-order valence-corrected chi connectivity index (χ3v) is 2.58. The summed E-state index contributed by atoms with van der Waals surface area (Å²) in [5.41, 5.74) is 1.33. The highest BCUT2D eigenvalue weighted by Gasteiger charge is 2.21. The molecule has 0 fully saturated rings. The van der Waals surface area contributed by atoms with Crippen LogP contribution in [-0.4, -0.2) is 19.2 Å². The molecule has 2 nitrogen and oxygen atoms in total. The lowest BCUT2D eigenvalue weighted by molar-refractivity contribution is 0.229. The molecule has 1 aromatic rings. The maximum atomic E-state index is 5.80. The van der Waals surface area contributed by atoms with Gasteiger partial charge in [0.25, 0.3) is 0 Å². The Morgan fingerprint density at radius 3 is 3.13 bits per heavy atom. The summed E-state index contributed by atoms with van der Waals surface area (Å²) in [7, 11) is 0. The Labute approximate surface area is 91.0 Å². The Morgan fingerprint density at radius 2 is 2.33 bits per heavy atom. The van der Waals surface area contributed by atoms with Gasteiger partial charge >= 0.3 is 0 Å². The molecule has 0 saturated carbocycles. The molecule has 1 aromatic carbocycles. The van der Waals surface area contributed by atoms with E-state index in [4.69, 9.17) is 4.74 Å². The van der Waals surface area contributed by atoms with Gasteiger partial charge in [-0.3, -0.25) is 0 Å². The molecule has 1 heterocycles. The van der Waals surface area contributed by atoms with Gasteiger partial charge in [0.2, 0.25) is 0 Å². The number of hydrogen-bond acceptors (Lipinski definition) is 2. The number of ether oxygens (including phenoxy) is 1. The van der Waals surface area contributed by atoms with Crippen molar-refractivity contribution in [2.45, 2.75) is 19.4 Å². The van der Waals surface area contributed by atoms with Crippen LogP contribution in [0.1, 0.15) is 12.5 Å². The second-order valence-corrected chi connectivity index (χ2v) is 3.78. The summed E-state index contributed by atoms with van der Waals surface area (Å²) >= 11 is 0. The largest absolute Gasteiger partial charge is 0.488 e. The zero-order valence-electron chi connectivity index (χ0n) is 9.07. The van der Waals surface area contributed by atoms with Gasteiger partial charge in [0, 0.05) is 19.5 Å². The van der Waals surface area contributed by atoms with Crippen LogP contribution >= 0.6 is 0 Å². The second-order valence-electron chi connectivity index (χ2n) is 3.78. The Morgan fingerprint density at radius 1 is 1.47 bits per heavy atom. The van der Waals surface area contributed by atoms with E-state index in [0.29, 0.717) is 6.10 Å².